The summed E-state index contributed by atoms with van der Waals surface area (Å²) in [6.45, 7) is 4.87. The van der Waals surface area contributed by atoms with Crippen LogP contribution in [0.25, 0.3) is 69.9 Å². The van der Waals surface area contributed by atoms with Gasteiger partial charge in [-0.25, -0.2) is 0 Å². The van der Waals surface area contributed by atoms with E-state index in [1.165, 1.54) is 81.0 Å². The van der Waals surface area contributed by atoms with Gasteiger partial charge >= 0.3 is 0 Å². The molecule has 11 rings (SSSR count). The minimum absolute atomic E-state index is 0.0591. The van der Waals surface area contributed by atoms with Crippen molar-refractivity contribution in [2.24, 2.45) is 0 Å². The molecule has 0 radical (unpaired) electrons. The van der Waals surface area contributed by atoms with Crippen molar-refractivity contribution in [1.82, 2.24) is 0 Å². The predicted molar refractivity (Wildman–Crippen MR) is 203 cm³/mol. The number of thiophene rings is 1. The highest BCUT2D eigenvalue weighted by Gasteiger charge is 2.40. The van der Waals surface area contributed by atoms with Crippen molar-refractivity contribution in [3.05, 3.63) is 161 Å². The Hall–Kier alpha value is -5.18. The fourth-order valence-corrected chi connectivity index (χ4v) is 10.4. The molecule has 0 saturated heterocycles. The van der Waals surface area contributed by atoms with Crippen molar-refractivity contribution in [2.75, 3.05) is 0 Å². The van der Waals surface area contributed by atoms with Gasteiger partial charge in [-0.1, -0.05) is 123 Å². The number of furan rings is 1. The van der Waals surface area contributed by atoms with Gasteiger partial charge in [-0.2, -0.15) is 0 Å². The van der Waals surface area contributed by atoms with Crippen molar-refractivity contribution < 1.29 is 4.42 Å². The fraction of sp³-hybridized carbons (Fsp3) is 0.130. The van der Waals surface area contributed by atoms with E-state index in [-0.39, 0.29) is 11.3 Å². The monoisotopic (exact) mass is 632 g/mol. The molecule has 2 heteroatoms. The average molecular weight is 633 g/mol. The minimum Gasteiger partial charge on any atom is -0.455 e. The van der Waals surface area contributed by atoms with Crippen LogP contribution in [0.1, 0.15) is 60.4 Å². The molecule has 0 spiro atoms. The molecule has 2 aromatic heterocycles. The Bertz CT molecular complexity index is 2760. The first-order valence-electron chi connectivity index (χ1n) is 17.1. The van der Waals surface area contributed by atoms with Gasteiger partial charge in [0.1, 0.15) is 11.2 Å². The SMILES string of the molecule is CC1(C)C2=C(C=CCC2)c2cc3c(cc21)[C@@H](c1ccc2c(c1)sc1cc(-c4cccc5c4oc4ccccc45)ccc12)c1ccccc1-3. The summed E-state index contributed by atoms with van der Waals surface area (Å²) in [5.74, 6) is 0.223. The molecule has 0 bridgehead atoms. The Balaban J connectivity index is 1.05. The Labute approximate surface area is 283 Å². The van der Waals surface area contributed by atoms with Crippen LogP contribution >= 0.6 is 11.3 Å². The summed E-state index contributed by atoms with van der Waals surface area (Å²) in [6, 6.07) is 43.2. The molecule has 1 nitrogen and oxygen atoms in total. The molecule has 228 valence electrons. The largest absolute Gasteiger partial charge is 0.455 e. The van der Waals surface area contributed by atoms with Gasteiger partial charge in [0.15, 0.2) is 0 Å². The predicted octanol–water partition coefficient (Wildman–Crippen LogP) is 13.2. The molecule has 0 fully saturated rings. The molecule has 0 amide bonds. The fourth-order valence-electron chi connectivity index (χ4n) is 9.19. The van der Waals surface area contributed by atoms with E-state index < -0.39 is 0 Å². The van der Waals surface area contributed by atoms with E-state index in [0.717, 1.165) is 29.6 Å². The number of fused-ring (bicyclic) bond motifs is 11. The number of hydrogen-bond acceptors (Lipinski definition) is 2. The summed E-state index contributed by atoms with van der Waals surface area (Å²) < 4.78 is 9.06. The zero-order valence-electron chi connectivity index (χ0n) is 26.9. The van der Waals surface area contributed by atoms with Crippen LogP contribution < -0.4 is 0 Å². The van der Waals surface area contributed by atoms with Gasteiger partial charge in [-0.05, 0) is 87.2 Å². The third-order valence-electron chi connectivity index (χ3n) is 11.5. The Morgan fingerprint density at radius 2 is 1.44 bits per heavy atom. The van der Waals surface area contributed by atoms with Crippen LogP contribution in [0.15, 0.2) is 137 Å². The zero-order valence-corrected chi connectivity index (χ0v) is 27.7. The second-order valence-electron chi connectivity index (χ2n) is 14.3. The number of hydrogen-bond donors (Lipinski definition) is 0. The second kappa shape index (κ2) is 9.46. The summed E-state index contributed by atoms with van der Waals surface area (Å²) >= 11 is 1.90. The van der Waals surface area contributed by atoms with E-state index in [9.17, 15) is 0 Å². The van der Waals surface area contributed by atoms with E-state index in [1.807, 2.05) is 17.4 Å². The number of para-hydroxylation sites is 2. The molecule has 0 aliphatic heterocycles. The molecule has 3 aliphatic carbocycles. The molecule has 8 aromatic rings. The lowest BCUT2D eigenvalue weighted by molar-refractivity contribution is 0.606. The first-order valence-corrected chi connectivity index (χ1v) is 17.9. The maximum Gasteiger partial charge on any atom is 0.143 e. The Kier molecular flexibility index (Phi) is 5.29. The molecule has 48 heavy (non-hydrogen) atoms. The van der Waals surface area contributed by atoms with Gasteiger partial charge < -0.3 is 4.42 Å². The lowest BCUT2D eigenvalue weighted by Crippen LogP contribution is -2.18. The van der Waals surface area contributed by atoms with Crippen molar-refractivity contribution in [2.45, 2.75) is 38.0 Å². The highest BCUT2D eigenvalue weighted by molar-refractivity contribution is 7.25. The molecule has 2 heterocycles. The van der Waals surface area contributed by atoms with Gasteiger partial charge in [-0.3, -0.25) is 0 Å². The summed E-state index contributed by atoms with van der Waals surface area (Å²) in [6.07, 6.45) is 7.05. The van der Waals surface area contributed by atoms with Crippen molar-refractivity contribution in [3.8, 4) is 22.3 Å². The number of benzene rings is 6. The second-order valence-corrected chi connectivity index (χ2v) is 15.4. The molecular formula is C46H32OS. The van der Waals surface area contributed by atoms with Crippen LogP contribution in [0, 0.1) is 0 Å². The van der Waals surface area contributed by atoms with Gasteiger partial charge in [-0.15, -0.1) is 11.3 Å². The first-order chi connectivity index (χ1) is 23.5. The van der Waals surface area contributed by atoms with E-state index >= 15 is 0 Å². The van der Waals surface area contributed by atoms with Crippen LogP contribution in [0.4, 0.5) is 0 Å². The zero-order chi connectivity index (χ0) is 31.7. The van der Waals surface area contributed by atoms with Gasteiger partial charge in [0, 0.05) is 47.8 Å². The average Bonchev–Trinajstić information content (AvgIpc) is 3.84. The van der Waals surface area contributed by atoms with Crippen molar-refractivity contribution in [1.29, 1.82) is 0 Å². The number of rotatable bonds is 2. The lowest BCUT2D eigenvalue weighted by atomic mass is 9.77. The Morgan fingerprint density at radius 1 is 0.646 bits per heavy atom. The topological polar surface area (TPSA) is 13.1 Å². The van der Waals surface area contributed by atoms with Crippen LogP contribution in [-0.2, 0) is 5.41 Å². The summed E-state index contributed by atoms with van der Waals surface area (Å²) in [7, 11) is 0. The summed E-state index contributed by atoms with van der Waals surface area (Å²) in [5.41, 5.74) is 17.3. The molecule has 3 aliphatic rings. The normalized spacial score (nSPS) is 17.4. The number of allylic oxidation sites excluding steroid dienone is 4. The van der Waals surface area contributed by atoms with Crippen LogP contribution in [0.5, 0.6) is 0 Å². The van der Waals surface area contributed by atoms with Crippen molar-refractivity contribution >= 4 is 59.0 Å². The van der Waals surface area contributed by atoms with Crippen LogP contribution in [0.2, 0.25) is 0 Å². The Morgan fingerprint density at radius 3 is 2.38 bits per heavy atom. The third kappa shape index (κ3) is 3.51. The van der Waals surface area contributed by atoms with Crippen LogP contribution in [-0.4, -0.2) is 0 Å². The summed E-state index contributed by atoms with van der Waals surface area (Å²) in [4.78, 5) is 0. The molecular weight excluding hydrogens is 601 g/mol. The van der Waals surface area contributed by atoms with E-state index in [2.05, 4.69) is 135 Å². The molecule has 6 aromatic carbocycles. The van der Waals surface area contributed by atoms with Gasteiger partial charge in [0.05, 0.1) is 0 Å². The maximum absolute atomic E-state index is 6.40. The van der Waals surface area contributed by atoms with Crippen LogP contribution in [0.3, 0.4) is 0 Å². The minimum atomic E-state index is 0.0591. The molecule has 0 N–H and O–H groups in total. The van der Waals surface area contributed by atoms with Gasteiger partial charge in [0.25, 0.3) is 0 Å². The highest BCUT2D eigenvalue weighted by Crippen LogP contribution is 2.56. The van der Waals surface area contributed by atoms with E-state index in [4.69, 9.17) is 4.42 Å². The standard InChI is InChI=1S/C46H32OS/c1-46(2)39-16-7-5-11-30(39)37-24-36-29-10-3-4-13-34(29)44(38(36)25-40(37)46)27-19-21-33-32-20-18-26(22-42(32)48-43(33)23-27)28-14-9-15-35-31-12-6-8-17-41(31)47-45(28)35/h3-6,8-15,17-25,44H,7,16H2,1-2H3/t44-/m0/s1. The smallest absolute Gasteiger partial charge is 0.143 e. The quantitative estimate of drug-likeness (QED) is 0.185. The lowest BCUT2D eigenvalue weighted by Gasteiger charge is -2.26. The molecule has 0 unspecified atom stereocenters. The summed E-state index contributed by atoms with van der Waals surface area (Å²) in [5, 5.41) is 4.99. The van der Waals surface area contributed by atoms with E-state index in [0.29, 0.717) is 0 Å². The van der Waals surface area contributed by atoms with Crippen molar-refractivity contribution in [3.63, 3.8) is 0 Å². The third-order valence-corrected chi connectivity index (χ3v) is 12.6. The van der Waals surface area contributed by atoms with E-state index in [1.54, 1.807) is 5.57 Å². The first kappa shape index (κ1) is 26.8. The molecule has 1 atom stereocenters. The maximum atomic E-state index is 6.40. The molecule has 0 saturated carbocycles. The highest BCUT2D eigenvalue weighted by atomic mass is 32.1. The van der Waals surface area contributed by atoms with Gasteiger partial charge in [0.2, 0.25) is 0 Å².